The third-order valence-corrected chi connectivity index (χ3v) is 6.68. The molecule has 1 fully saturated rings. The Balaban J connectivity index is 2.01. The lowest BCUT2D eigenvalue weighted by Crippen LogP contribution is -2.51. The summed E-state index contributed by atoms with van der Waals surface area (Å²) in [6, 6.07) is 7.59. The average molecular weight is 337 g/mol. The number of anilines is 1. The molecule has 1 unspecified atom stereocenters. The monoisotopic (exact) mass is 336 g/mol. The molecule has 1 aromatic carbocycles. The molecule has 4 nitrogen and oxygen atoms in total. The SMILES string of the molecule is CC(CCl)S(=O)(=O)N1CCN(c2ccc(Cl)cc2)CC1. The summed E-state index contributed by atoms with van der Waals surface area (Å²) in [6.07, 6.45) is 0. The van der Waals surface area contributed by atoms with Gasteiger partial charge in [-0.2, -0.15) is 4.31 Å². The van der Waals surface area contributed by atoms with Gasteiger partial charge in [0.05, 0.1) is 5.25 Å². The van der Waals surface area contributed by atoms with Crippen LogP contribution in [0.4, 0.5) is 5.69 Å². The zero-order valence-electron chi connectivity index (χ0n) is 11.3. The molecule has 2 rings (SSSR count). The van der Waals surface area contributed by atoms with Crippen LogP contribution in [0, 0.1) is 0 Å². The van der Waals surface area contributed by atoms with E-state index in [1.165, 1.54) is 4.31 Å². The number of rotatable bonds is 4. The van der Waals surface area contributed by atoms with E-state index in [1.807, 2.05) is 24.3 Å². The highest BCUT2D eigenvalue weighted by atomic mass is 35.5. The maximum Gasteiger partial charge on any atom is 0.218 e. The van der Waals surface area contributed by atoms with E-state index in [1.54, 1.807) is 6.92 Å². The quantitative estimate of drug-likeness (QED) is 0.793. The number of hydrogen-bond donors (Lipinski definition) is 0. The van der Waals surface area contributed by atoms with Crippen LogP contribution in [-0.2, 0) is 10.0 Å². The van der Waals surface area contributed by atoms with Crippen molar-refractivity contribution in [3.05, 3.63) is 29.3 Å². The van der Waals surface area contributed by atoms with E-state index >= 15 is 0 Å². The van der Waals surface area contributed by atoms with Crippen LogP contribution in [-0.4, -0.2) is 50.0 Å². The lowest BCUT2D eigenvalue weighted by Gasteiger charge is -2.36. The third kappa shape index (κ3) is 3.39. The standard InChI is InChI=1S/C13H18Cl2N2O2S/c1-11(10-14)20(18,19)17-8-6-16(7-9-17)13-4-2-12(15)3-5-13/h2-5,11H,6-10H2,1H3. The Morgan fingerprint density at radius 3 is 2.20 bits per heavy atom. The summed E-state index contributed by atoms with van der Waals surface area (Å²) in [7, 11) is -3.27. The molecule has 7 heteroatoms. The molecule has 20 heavy (non-hydrogen) atoms. The Morgan fingerprint density at radius 2 is 1.70 bits per heavy atom. The molecule has 0 aliphatic carbocycles. The Labute approximate surface area is 130 Å². The molecular weight excluding hydrogens is 319 g/mol. The summed E-state index contributed by atoms with van der Waals surface area (Å²) >= 11 is 11.5. The molecule has 1 aliphatic heterocycles. The van der Waals surface area contributed by atoms with Gasteiger partial charge in [-0.25, -0.2) is 8.42 Å². The van der Waals surface area contributed by atoms with Crippen molar-refractivity contribution < 1.29 is 8.42 Å². The van der Waals surface area contributed by atoms with Crippen molar-refractivity contribution in [2.75, 3.05) is 37.0 Å². The molecule has 1 aromatic rings. The van der Waals surface area contributed by atoms with Gasteiger partial charge < -0.3 is 4.90 Å². The number of piperazine rings is 1. The molecule has 1 aliphatic rings. The third-order valence-electron chi connectivity index (χ3n) is 3.52. The van der Waals surface area contributed by atoms with Crippen molar-refractivity contribution in [1.82, 2.24) is 4.31 Å². The number of alkyl halides is 1. The van der Waals surface area contributed by atoms with Gasteiger partial charge in [0.1, 0.15) is 0 Å². The minimum absolute atomic E-state index is 0.125. The molecule has 0 bridgehead atoms. The molecule has 0 aromatic heterocycles. The fourth-order valence-corrected chi connectivity index (χ4v) is 4.13. The molecule has 1 saturated heterocycles. The van der Waals surface area contributed by atoms with E-state index in [-0.39, 0.29) is 5.88 Å². The summed E-state index contributed by atoms with van der Waals surface area (Å²) in [5.41, 5.74) is 1.07. The highest BCUT2D eigenvalue weighted by Gasteiger charge is 2.31. The minimum Gasteiger partial charge on any atom is -0.369 e. The van der Waals surface area contributed by atoms with E-state index < -0.39 is 15.3 Å². The van der Waals surface area contributed by atoms with Crippen molar-refractivity contribution in [3.8, 4) is 0 Å². The molecule has 1 heterocycles. The van der Waals surface area contributed by atoms with Gasteiger partial charge in [0, 0.05) is 42.8 Å². The smallest absolute Gasteiger partial charge is 0.218 e. The molecular formula is C13H18Cl2N2O2S. The van der Waals surface area contributed by atoms with Crippen molar-refractivity contribution in [2.45, 2.75) is 12.2 Å². The van der Waals surface area contributed by atoms with E-state index in [4.69, 9.17) is 23.2 Å². The van der Waals surface area contributed by atoms with Crippen LogP contribution in [0.2, 0.25) is 5.02 Å². The summed E-state index contributed by atoms with van der Waals surface area (Å²) in [5.74, 6) is 0.125. The number of halogens is 2. The number of nitrogens with zero attached hydrogens (tertiary/aromatic N) is 2. The first-order chi connectivity index (χ1) is 9.45. The van der Waals surface area contributed by atoms with Gasteiger partial charge in [-0.1, -0.05) is 11.6 Å². The van der Waals surface area contributed by atoms with E-state index in [0.717, 1.165) is 5.69 Å². The molecule has 0 spiro atoms. The van der Waals surface area contributed by atoms with Crippen LogP contribution in [0.15, 0.2) is 24.3 Å². The van der Waals surface area contributed by atoms with Gasteiger partial charge in [0.15, 0.2) is 0 Å². The molecule has 0 N–H and O–H groups in total. The van der Waals surface area contributed by atoms with Crippen LogP contribution in [0.5, 0.6) is 0 Å². The van der Waals surface area contributed by atoms with E-state index in [0.29, 0.717) is 31.2 Å². The topological polar surface area (TPSA) is 40.6 Å². The fourth-order valence-electron chi connectivity index (χ4n) is 2.19. The second-order valence-corrected chi connectivity index (χ2v) is 7.97. The van der Waals surface area contributed by atoms with E-state index in [2.05, 4.69) is 4.90 Å². The average Bonchev–Trinajstić information content (AvgIpc) is 2.47. The van der Waals surface area contributed by atoms with Crippen molar-refractivity contribution in [3.63, 3.8) is 0 Å². The van der Waals surface area contributed by atoms with Gasteiger partial charge in [-0.3, -0.25) is 0 Å². The van der Waals surface area contributed by atoms with Crippen molar-refractivity contribution >= 4 is 38.9 Å². The highest BCUT2D eigenvalue weighted by Crippen LogP contribution is 2.21. The predicted octanol–water partition coefficient (Wildman–Crippen LogP) is 2.42. The van der Waals surface area contributed by atoms with Crippen LogP contribution >= 0.6 is 23.2 Å². The Morgan fingerprint density at radius 1 is 1.15 bits per heavy atom. The van der Waals surface area contributed by atoms with Crippen LogP contribution in [0.3, 0.4) is 0 Å². The van der Waals surface area contributed by atoms with Gasteiger partial charge >= 0.3 is 0 Å². The zero-order chi connectivity index (χ0) is 14.8. The largest absolute Gasteiger partial charge is 0.369 e. The lowest BCUT2D eigenvalue weighted by molar-refractivity contribution is 0.381. The van der Waals surface area contributed by atoms with E-state index in [9.17, 15) is 8.42 Å². The molecule has 0 amide bonds. The number of hydrogen-bond acceptors (Lipinski definition) is 3. The van der Waals surface area contributed by atoms with Crippen molar-refractivity contribution in [2.24, 2.45) is 0 Å². The molecule has 1 atom stereocenters. The summed E-state index contributed by atoms with van der Waals surface area (Å²) in [4.78, 5) is 2.16. The van der Waals surface area contributed by atoms with Crippen LogP contribution < -0.4 is 4.90 Å². The summed E-state index contributed by atoms with van der Waals surface area (Å²) in [5, 5.41) is 0.164. The van der Waals surface area contributed by atoms with Gasteiger partial charge in [0.25, 0.3) is 0 Å². The predicted molar refractivity (Wildman–Crippen MR) is 84.3 cm³/mol. The Bertz CT molecular complexity index is 540. The molecule has 0 saturated carbocycles. The zero-order valence-corrected chi connectivity index (χ0v) is 13.6. The first kappa shape index (κ1) is 15.9. The highest BCUT2D eigenvalue weighted by molar-refractivity contribution is 7.89. The molecule has 0 radical (unpaired) electrons. The normalized spacial score (nSPS) is 19.1. The van der Waals surface area contributed by atoms with Crippen LogP contribution in [0.25, 0.3) is 0 Å². The minimum atomic E-state index is -3.27. The maximum atomic E-state index is 12.2. The van der Waals surface area contributed by atoms with Gasteiger partial charge in [-0.15, -0.1) is 11.6 Å². The van der Waals surface area contributed by atoms with Gasteiger partial charge in [-0.05, 0) is 31.2 Å². The second-order valence-electron chi connectivity index (χ2n) is 4.87. The Kier molecular flexibility index (Phi) is 5.18. The molecule has 112 valence electrons. The first-order valence-electron chi connectivity index (χ1n) is 6.50. The number of sulfonamides is 1. The maximum absolute atomic E-state index is 12.2. The summed E-state index contributed by atoms with van der Waals surface area (Å²) < 4.78 is 26.0. The van der Waals surface area contributed by atoms with Gasteiger partial charge in [0.2, 0.25) is 10.0 Å². The second kappa shape index (κ2) is 6.52. The first-order valence-corrected chi connectivity index (χ1v) is 8.92. The number of benzene rings is 1. The summed E-state index contributed by atoms with van der Waals surface area (Å²) in [6.45, 7) is 3.98. The van der Waals surface area contributed by atoms with Crippen molar-refractivity contribution in [1.29, 1.82) is 0 Å². The Hall–Kier alpha value is -0.490. The van der Waals surface area contributed by atoms with Crippen LogP contribution in [0.1, 0.15) is 6.92 Å². The lowest BCUT2D eigenvalue weighted by atomic mass is 10.2. The fraction of sp³-hybridized carbons (Fsp3) is 0.538.